The van der Waals surface area contributed by atoms with Gasteiger partial charge < -0.3 is 10.6 Å². The van der Waals surface area contributed by atoms with E-state index in [0.717, 1.165) is 18.9 Å². The molecule has 1 rings (SSSR count). The summed E-state index contributed by atoms with van der Waals surface area (Å²) >= 11 is 0. The molecule has 1 fully saturated rings. The molecule has 0 aromatic carbocycles. The van der Waals surface area contributed by atoms with Crippen LogP contribution in [0.3, 0.4) is 0 Å². The van der Waals surface area contributed by atoms with Crippen molar-refractivity contribution in [1.82, 2.24) is 9.80 Å². The monoisotopic (exact) mass is 213 g/mol. The average Bonchev–Trinajstić information content (AvgIpc) is 2.29. The van der Waals surface area contributed by atoms with Crippen LogP contribution in [0.1, 0.15) is 26.7 Å². The van der Waals surface area contributed by atoms with Crippen molar-refractivity contribution in [3.05, 3.63) is 0 Å². The van der Waals surface area contributed by atoms with Crippen molar-refractivity contribution in [2.24, 2.45) is 11.7 Å². The smallest absolute Gasteiger partial charge is 0.0235 e. The molecule has 0 aromatic rings. The summed E-state index contributed by atoms with van der Waals surface area (Å²) in [6, 6.07) is 0.671. The van der Waals surface area contributed by atoms with E-state index in [1.165, 1.54) is 32.6 Å². The topological polar surface area (TPSA) is 32.5 Å². The van der Waals surface area contributed by atoms with Crippen LogP contribution in [0.2, 0.25) is 0 Å². The van der Waals surface area contributed by atoms with Crippen molar-refractivity contribution in [2.75, 3.05) is 39.8 Å². The molecular weight excluding hydrogens is 186 g/mol. The van der Waals surface area contributed by atoms with Gasteiger partial charge >= 0.3 is 0 Å². The molecule has 1 aliphatic rings. The molecule has 90 valence electrons. The van der Waals surface area contributed by atoms with E-state index in [9.17, 15) is 0 Å². The van der Waals surface area contributed by atoms with Gasteiger partial charge in [0, 0.05) is 19.1 Å². The molecule has 1 saturated heterocycles. The standard InChI is InChI=1S/C12H27N3/c1-11(2)9-15-8-4-7-14(3)10-12(15)5-6-13/h11-12H,4-10,13H2,1-3H3. The van der Waals surface area contributed by atoms with E-state index >= 15 is 0 Å². The Balaban J connectivity index is 2.54. The van der Waals surface area contributed by atoms with E-state index in [-0.39, 0.29) is 0 Å². The summed E-state index contributed by atoms with van der Waals surface area (Å²) < 4.78 is 0. The van der Waals surface area contributed by atoms with Crippen LogP contribution in [0.25, 0.3) is 0 Å². The first-order valence-electron chi connectivity index (χ1n) is 6.26. The summed E-state index contributed by atoms with van der Waals surface area (Å²) in [6.07, 6.45) is 2.43. The van der Waals surface area contributed by atoms with Gasteiger partial charge in [0.1, 0.15) is 0 Å². The first-order chi connectivity index (χ1) is 7.13. The lowest BCUT2D eigenvalue weighted by Gasteiger charge is -2.32. The van der Waals surface area contributed by atoms with Crippen LogP contribution in [0.5, 0.6) is 0 Å². The summed E-state index contributed by atoms with van der Waals surface area (Å²) in [5.74, 6) is 0.758. The number of likely N-dealkylation sites (N-methyl/N-ethyl adjacent to an activating group) is 1. The van der Waals surface area contributed by atoms with Crippen molar-refractivity contribution in [2.45, 2.75) is 32.7 Å². The fourth-order valence-corrected chi connectivity index (χ4v) is 2.47. The van der Waals surface area contributed by atoms with Gasteiger partial charge in [-0.05, 0) is 45.4 Å². The van der Waals surface area contributed by atoms with Crippen LogP contribution in [-0.2, 0) is 0 Å². The fourth-order valence-electron chi connectivity index (χ4n) is 2.47. The molecule has 1 aliphatic heterocycles. The lowest BCUT2D eigenvalue weighted by molar-refractivity contribution is 0.163. The van der Waals surface area contributed by atoms with Gasteiger partial charge in [-0.2, -0.15) is 0 Å². The van der Waals surface area contributed by atoms with Gasteiger partial charge in [-0.25, -0.2) is 0 Å². The molecule has 1 heterocycles. The number of nitrogens with zero attached hydrogens (tertiary/aromatic N) is 2. The highest BCUT2D eigenvalue weighted by Crippen LogP contribution is 2.13. The van der Waals surface area contributed by atoms with Gasteiger partial charge in [0.2, 0.25) is 0 Å². The predicted molar refractivity (Wildman–Crippen MR) is 66.0 cm³/mol. The largest absolute Gasteiger partial charge is 0.330 e. The van der Waals surface area contributed by atoms with Crippen LogP contribution in [-0.4, -0.2) is 55.6 Å². The summed E-state index contributed by atoms with van der Waals surface area (Å²) in [4.78, 5) is 5.08. The molecule has 1 atom stereocenters. The highest BCUT2D eigenvalue weighted by molar-refractivity contribution is 4.79. The van der Waals surface area contributed by atoms with Crippen LogP contribution >= 0.6 is 0 Å². The summed E-state index contributed by atoms with van der Waals surface area (Å²) in [6.45, 7) is 10.3. The molecule has 2 N–H and O–H groups in total. The van der Waals surface area contributed by atoms with Crippen molar-refractivity contribution in [1.29, 1.82) is 0 Å². The molecule has 0 aromatic heterocycles. The number of rotatable bonds is 4. The van der Waals surface area contributed by atoms with E-state index in [2.05, 4.69) is 30.7 Å². The maximum Gasteiger partial charge on any atom is 0.0235 e. The molecule has 0 bridgehead atoms. The van der Waals surface area contributed by atoms with E-state index in [4.69, 9.17) is 5.73 Å². The molecule has 0 radical (unpaired) electrons. The van der Waals surface area contributed by atoms with Gasteiger partial charge in [0.15, 0.2) is 0 Å². The second kappa shape index (κ2) is 6.46. The maximum atomic E-state index is 5.70. The first-order valence-corrected chi connectivity index (χ1v) is 6.26. The third-order valence-corrected chi connectivity index (χ3v) is 3.12. The second-order valence-corrected chi connectivity index (χ2v) is 5.24. The predicted octanol–water partition coefficient (Wildman–Crippen LogP) is 0.997. The molecule has 0 saturated carbocycles. The van der Waals surface area contributed by atoms with Gasteiger partial charge in [0.05, 0.1) is 0 Å². The Hall–Kier alpha value is -0.120. The van der Waals surface area contributed by atoms with Crippen molar-refractivity contribution in [3.63, 3.8) is 0 Å². The summed E-state index contributed by atoms with van der Waals surface area (Å²) in [5, 5.41) is 0. The van der Waals surface area contributed by atoms with Gasteiger partial charge in [-0.3, -0.25) is 4.90 Å². The Morgan fingerprint density at radius 3 is 2.67 bits per heavy atom. The van der Waals surface area contributed by atoms with E-state index in [1.807, 2.05) is 0 Å². The molecule has 1 unspecified atom stereocenters. The third-order valence-electron chi connectivity index (χ3n) is 3.12. The Kier molecular flexibility index (Phi) is 5.58. The van der Waals surface area contributed by atoms with E-state index < -0.39 is 0 Å². The minimum absolute atomic E-state index is 0.671. The molecule has 0 amide bonds. The Bertz CT molecular complexity index is 170. The molecule has 3 heteroatoms. The molecular formula is C12H27N3. The van der Waals surface area contributed by atoms with E-state index in [1.54, 1.807) is 0 Å². The Morgan fingerprint density at radius 2 is 2.07 bits per heavy atom. The van der Waals surface area contributed by atoms with Crippen molar-refractivity contribution < 1.29 is 0 Å². The maximum absolute atomic E-state index is 5.70. The lowest BCUT2D eigenvalue weighted by Crippen LogP contribution is -2.43. The van der Waals surface area contributed by atoms with Crippen LogP contribution in [0.4, 0.5) is 0 Å². The van der Waals surface area contributed by atoms with Gasteiger partial charge in [0.25, 0.3) is 0 Å². The average molecular weight is 213 g/mol. The Labute approximate surface area is 94.6 Å². The summed E-state index contributed by atoms with van der Waals surface area (Å²) in [7, 11) is 2.22. The molecule has 3 nitrogen and oxygen atoms in total. The fraction of sp³-hybridized carbons (Fsp3) is 1.00. The Morgan fingerprint density at radius 1 is 1.33 bits per heavy atom. The second-order valence-electron chi connectivity index (χ2n) is 5.24. The van der Waals surface area contributed by atoms with Crippen molar-refractivity contribution >= 4 is 0 Å². The van der Waals surface area contributed by atoms with E-state index in [0.29, 0.717) is 6.04 Å². The highest BCUT2D eigenvalue weighted by atomic mass is 15.2. The third kappa shape index (κ3) is 4.49. The zero-order chi connectivity index (χ0) is 11.3. The molecule has 0 spiro atoms. The zero-order valence-corrected chi connectivity index (χ0v) is 10.6. The number of nitrogens with two attached hydrogens (primary N) is 1. The number of hydrogen-bond donors (Lipinski definition) is 1. The SMILES string of the molecule is CC(C)CN1CCCN(C)CC1CCN. The van der Waals surface area contributed by atoms with Gasteiger partial charge in [-0.15, -0.1) is 0 Å². The minimum atomic E-state index is 0.671. The van der Waals surface area contributed by atoms with Gasteiger partial charge in [-0.1, -0.05) is 13.8 Å². The molecule has 0 aliphatic carbocycles. The molecule has 15 heavy (non-hydrogen) atoms. The highest BCUT2D eigenvalue weighted by Gasteiger charge is 2.22. The number of hydrogen-bond acceptors (Lipinski definition) is 3. The first kappa shape index (κ1) is 12.9. The lowest BCUT2D eigenvalue weighted by atomic mass is 10.1. The minimum Gasteiger partial charge on any atom is -0.330 e. The van der Waals surface area contributed by atoms with Crippen LogP contribution in [0, 0.1) is 5.92 Å². The quantitative estimate of drug-likeness (QED) is 0.756. The zero-order valence-electron chi connectivity index (χ0n) is 10.6. The van der Waals surface area contributed by atoms with Crippen LogP contribution in [0.15, 0.2) is 0 Å². The van der Waals surface area contributed by atoms with Crippen molar-refractivity contribution in [3.8, 4) is 0 Å². The normalized spacial score (nSPS) is 25.8. The summed E-state index contributed by atoms with van der Waals surface area (Å²) in [5.41, 5.74) is 5.70. The van der Waals surface area contributed by atoms with Crippen LogP contribution < -0.4 is 5.73 Å².